The van der Waals surface area contributed by atoms with E-state index >= 15 is 0 Å². The van der Waals surface area contributed by atoms with Gasteiger partial charge in [-0.15, -0.1) is 0 Å². The second-order valence-corrected chi connectivity index (χ2v) is 5.09. The molecular formula is C16H28N2. The molecule has 0 aliphatic rings. The first-order valence-electron chi connectivity index (χ1n) is 7.43. The predicted octanol–water partition coefficient (Wildman–Crippen LogP) is 4.40. The maximum atomic E-state index is 4.41. The van der Waals surface area contributed by atoms with Gasteiger partial charge >= 0.3 is 0 Å². The number of unbranched alkanes of at least 4 members (excludes halogenated alkanes) is 3. The lowest BCUT2D eigenvalue weighted by molar-refractivity contribution is 0.469. The summed E-state index contributed by atoms with van der Waals surface area (Å²) in [6.45, 7) is 7.61. The highest BCUT2D eigenvalue weighted by Gasteiger charge is 2.10. The van der Waals surface area contributed by atoms with Crippen molar-refractivity contribution < 1.29 is 0 Å². The number of hydrogen-bond donors (Lipinski definition) is 1. The first-order valence-corrected chi connectivity index (χ1v) is 7.43. The largest absolute Gasteiger partial charge is 0.310 e. The summed E-state index contributed by atoms with van der Waals surface area (Å²) in [5.41, 5.74) is 2.43. The van der Waals surface area contributed by atoms with Gasteiger partial charge in [-0.2, -0.15) is 0 Å². The summed E-state index contributed by atoms with van der Waals surface area (Å²) in [5, 5.41) is 3.64. The van der Waals surface area contributed by atoms with E-state index in [2.05, 4.69) is 36.3 Å². The van der Waals surface area contributed by atoms with Gasteiger partial charge in [0.2, 0.25) is 0 Å². The van der Waals surface area contributed by atoms with Crippen LogP contribution in [-0.2, 0) is 0 Å². The van der Waals surface area contributed by atoms with E-state index in [4.69, 9.17) is 0 Å². The van der Waals surface area contributed by atoms with Crippen LogP contribution in [0.4, 0.5) is 0 Å². The van der Waals surface area contributed by atoms with Crippen molar-refractivity contribution in [1.29, 1.82) is 0 Å². The van der Waals surface area contributed by atoms with Crippen LogP contribution >= 0.6 is 0 Å². The minimum atomic E-state index is 0.481. The van der Waals surface area contributed by atoms with Gasteiger partial charge in [0.1, 0.15) is 0 Å². The number of rotatable bonds is 9. The van der Waals surface area contributed by atoms with Crippen LogP contribution in [0.15, 0.2) is 18.3 Å². The van der Waals surface area contributed by atoms with E-state index in [1.165, 1.54) is 44.1 Å². The molecule has 1 heterocycles. The Morgan fingerprint density at radius 3 is 2.56 bits per heavy atom. The molecule has 0 aromatic carbocycles. The van der Waals surface area contributed by atoms with Crippen LogP contribution in [0.25, 0.3) is 0 Å². The highest BCUT2D eigenvalue weighted by Crippen LogP contribution is 2.19. The Hall–Kier alpha value is -0.890. The van der Waals surface area contributed by atoms with Crippen molar-refractivity contribution in [2.75, 3.05) is 6.54 Å². The number of hydrogen-bond acceptors (Lipinski definition) is 2. The maximum absolute atomic E-state index is 4.41. The van der Waals surface area contributed by atoms with Crippen molar-refractivity contribution in [3.05, 3.63) is 29.6 Å². The Labute approximate surface area is 112 Å². The van der Waals surface area contributed by atoms with Crippen LogP contribution < -0.4 is 5.32 Å². The van der Waals surface area contributed by atoms with Crippen LogP contribution in [0.5, 0.6) is 0 Å². The quantitative estimate of drug-likeness (QED) is 0.655. The highest BCUT2D eigenvalue weighted by atomic mass is 14.9. The zero-order chi connectivity index (χ0) is 13.2. The van der Waals surface area contributed by atoms with Crippen molar-refractivity contribution in [3.63, 3.8) is 0 Å². The number of aromatic nitrogens is 1. The first-order chi connectivity index (χ1) is 8.77. The van der Waals surface area contributed by atoms with Crippen molar-refractivity contribution >= 4 is 0 Å². The third-order valence-electron chi connectivity index (χ3n) is 3.32. The average Bonchev–Trinajstić information content (AvgIpc) is 2.39. The summed E-state index contributed by atoms with van der Waals surface area (Å²) in [6, 6.07) is 4.81. The summed E-state index contributed by atoms with van der Waals surface area (Å²) < 4.78 is 0. The van der Waals surface area contributed by atoms with Gasteiger partial charge in [0, 0.05) is 17.9 Å². The molecule has 0 saturated carbocycles. The molecule has 1 aromatic rings. The van der Waals surface area contributed by atoms with Crippen LogP contribution in [0.3, 0.4) is 0 Å². The van der Waals surface area contributed by atoms with Crippen molar-refractivity contribution in [2.24, 2.45) is 0 Å². The van der Waals surface area contributed by atoms with Gasteiger partial charge in [0.15, 0.2) is 0 Å². The Bertz CT molecular complexity index is 305. The van der Waals surface area contributed by atoms with Crippen LogP contribution in [0.2, 0.25) is 0 Å². The molecule has 102 valence electrons. The van der Waals surface area contributed by atoms with Gasteiger partial charge in [0.05, 0.1) is 0 Å². The van der Waals surface area contributed by atoms with E-state index in [0.717, 1.165) is 12.2 Å². The van der Waals surface area contributed by atoms with E-state index in [-0.39, 0.29) is 0 Å². The first kappa shape index (κ1) is 15.2. The second-order valence-electron chi connectivity index (χ2n) is 5.09. The number of nitrogens with zero attached hydrogens (tertiary/aromatic N) is 1. The molecule has 1 unspecified atom stereocenters. The number of pyridine rings is 1. The number of nitrogens with one attached hydrogen (secondary N) is 1. The van der Waals surface area contributed by atoms with E-state index in [1.807, 2.05) is 13.1 Å². The Balaban J connectivity index is 2.51. The van der Waals surface area contributed by atoms with Gasteiger partial charge in [-0.05, 0) is 37.9 Å². The van der Waals surface area contributed by atoms with Crippen molar-refractivity contribution in [3.8, 4) is 0 Å². The lowest BCUT2D eigenvalue weighted by atomic mass is 10.0. The molecule has 0 radical (unpaired) electrons. The molecule has 0 aliphatic carbocycles. The van der Waals surface area contributed by atoms with Crippen molar-refractivity contribution in [2.45, 2.75) is 65.3 Å². The zero-order valence-corrected chi connectivity index (χ0v) is 12.2. The standard InChI is InChI=1S/C16H28N2/c1-4-6-7-8-9-16(17-12-5-2)15-11-10-14(3)18-13-15/h10-11,13,16-17H,4-9,12H2,1-3H3. The van der Waals surface area contributed by atoms with E-state index < -0.39 is 0 Å². The second kappa shape index (κ2) is 9.09. The fourth-order valence-corrected chi connectivity index (χ4v) is 2.17. The van der Waals surface area contributed by atoms with Gasteiger partial charge in [-0.3, -0.25) is 4.98 Å². The molecular weight excluding hydrogens is 220 g/mol. The van der Waals surface area contributed by atoms with Gasteiger partial charge in [0.25, 0.3) is 0 Å². The summed E-state index contributed by atoms with van der Waals surface area (Å²) >= 11 is 0. The summed E-state index contributed by atoms with van der Waals surface area (Å²) in [4.78, 5) is 4.41. The SMILES string of the molecule is CCCCCCC(NCCC)c1ccc(C)nc1. The Kier molecular flexibility index (Phi) is 7.66. The maximum Gasteiger partial charge on any atom is 0.0372 e. The summed E-state index contributed by atoms with van der Waals surface area (Å²) in [7, 11) is 0. The summed E-state index contributed by atoms with van der Waals surface area (Å²) in [6.07, 6.45) is 9.76. The molecule has 18 heavy (non-hydrogen) atoms. The third-order valence-corrected chi connectivity index (χ3v) is 3.32. The molecule has 0 aliphatic heterocycles. The summed E-state index contributed by atoms with van der Waals surface area (Å²) in [5.74, 6) is 0. The smallest absolute Gasteiger partial charge is 0.0372 e. The van der Waals surface area contributed by atoms with Crippen LogP contribution in [0, 0.1) is 6.92 Å². The van der Waals surface area contributed by atoms with E-state index in [1.54, 1.807) is 0 Å². The monoisotopic (exact) mass is 248 g/mol. The fourth-order valence-electron chi connectivity index (χ4n) is 2.17. The fraction of sp³-hybridized carbons (Fsp3) is 0.688. The third kappa shape index (κ3) is 5.63. The zero-order valence-electron chi connectivity index (χ0n) is 12.2. The lowest BCUT2D eigenvalue weighted by Crippen LogP contribution is -2.22. The molecule has 1 N–H and O–H groups in total. The van der Waals surface area contributed by atoms with E-state index in [9.17, 15) is 0 Å². The molecule has 0 fully saturated rings. The number of aryl methyl sites for hydroxylation is 1. The Morgan fingerprint density at radius 1 is 1.11 bits per heavy atom. The van der Waals surface area contributed by atoms with Gasteiger partial charge < -0.3 is 5.32 Å². The molecule has 0 saturated heterocycles. The van der Waals surface area contributed by atoms with E-state index in [0.29, 0.717) is 6.04 Å². The normalized spacial score (nSPS) is 12.6. The Morgan fingerprint density at radius 2 is 1.94 bits per heavy atom. The van der Waals surface area contributed by atoms with Crippen molar-refractivity contribution in [1.82, 2.24) is 10.3 Å². The highest BCUT2D eigenvalue weighted by molar-refractivity contribution is 5.17. The predicted molar refractivity (Wildman–Crippen MR) is 78.8 cm³/mol. The topological polar surface area (TPSA) is 24.9 Å². The minimum absolute atomic E-state index is 0.481. The minimum Gasteiger partial charge on any atom is -0.310 e. The van der Waals surface area contributed by atoms with Crippen LogP contribution in [-0.4, -0.2) is 11.5 Å². The molecule has 0 amide bonds. The lowest BCUT2D eigenvalue weighted by Gasteiger charge is -2.18. The molecule has 1 rings (SSSR count). The molecule has 2 nitrogen and oxygen atoms in total. The molecule has 2 heteroatoms. The van der Waals surface area contributed by atoms with Gasteiger partial charge in [-0.1, -0.05) is 45.6 Å². The molecule has 0 bridgehead atoms. The molecule has 1 aromatic heterocycles. The average molecular weight is 248 g/mol. The van der Waals surface area contributed by atoms with Crippen LogP contribution in [0.1, 0.15) is 69.7 Å². The van der Waals surface area contributed by atoms with Gasteiger partial charge in [-0.25, -0.2) is 0 Å². The molecule has 1 atom stereocenters. The molecule has 0 spiro atoms.